The number of aromatic nitrogens is 1. The Morgan fingerprint density at radius 2 is 2.24 bits per heavy atom. The van der Waals surface area contributed by atoms with E-state index >= 15 is 0 Å². The first-order valence-corrected chi connectivity index (χ1v) is 7.46. The molecular formula is C14H23NOS. The molecule has 1 rings (SSSR count). The molecule has 3 heteroatoms. The number of carbonyl (C=O) groups excluding carboxylic acids is 1. The number of hydrogen-bond acceptors (Lipinski definition) is 3. The van der Waals surface area contributed by atoms with Crippen LogP contribution in [0.25, 0.3) is 0 Å². The van der Waals surface area contributed by atoms with E-state index in [4.69, 9.17) is 0 Å². The van der Waals surface area contributed by atoms with Gasteiger partial charge in [0, 0.05) is 17.5 Å². The molecule has 96 valence electrons. The molecule has 0 aliphatic heterocycles. The van der Waals surface area contributed by atoms with E-state index in [1.54, 1.807) is 11.3 Å². The molecule has 0 saturated heterocycles. The molecule has 1 unspecified atom stereocenters. The Morgan fingerprint density at radius 3 is 2.76 bits per heavy atom. The van der Waals surface area contributed by atoms with Gasteiger partial charge in [-0.2, -0.15) is 0 Å². The summed E-state index contributed by atoms with van der Waals surface area (Å²) in [5.41, 5.74) is 1.02. The summed E-state index contributed by atoms with van der Waals surface area (Å²) in [5.74, 6) is 0.922. The van der Waals surface area contributed by atoms with E-state index < -0.39 is 0 Å². The van der Waals surface area contributed by atoms with Crippen molar-refractivity contribution in [1.82, 2.24) is 4.98 Å². The second kappa shape index (κ2) is 7.59. The van der Waals surface area contributed by atoms with Crippen LogP contribution in [-0.2, 0) is 11.2 Å². The van der Waals surface area contributed by atoms with E-state index in [1.807, 2.05) is 12.3 Å². The fraction of sp³-hybridized carbons (Fsp3) is 0.714. The van der Waals surface area contributed by atoms with Gasteiger partial charge in [0.25, 0.3) is 0 Å². The number of rotatable bonds is 8. The van der Waals surface area contributed by atoms with Crippen LogP contribution < -0.4 is 0 Å². The maximum atomic E-state index is 11.9. The van der Waals surface area contributed by atoms with Gasteiger partial charge < -0.3 is 0 Å². The Balaban J connectivity index is 2.37. The average Bonchev–Trinajstić information content (AvgIpc) is 2.69. The molecule has 0 aromatic carbocycles. The number of thiazole rings is 1. The summed E-state index contributed by atoms with van der Waals surface area (Å²) in [6.45, 7) is 6.36. The molecule has 0 radical (unpaired) electrons. The van der Waals surface area contributed by atoms with Crippen LogP contribution in [0, 0.1) is 12.8 Å². The van der Waals surface area contributed by atoms with Gasteiger partial charge in [0.1, 0.15) is 10.8 Å². The van der Waals surface area contributed by atoms with Gasteiger partial charge in [-0.05, 0) is 12.8 Å². The molecular weight excluding hydrogens is 230 g/mol. The lowest BCUT2D eigenvalue weighted by Gasteiger charge is -2.12. The molecule has 1 atom stereocenters. The minimum absolute atomic E-state index is 0.349. The molecule has 1 heterocycles. The van der Waals surface area contributed by atoms with Crippen molar-refractivity contribution < 1.29 is 4.79 Å². The van der Waals surface area contributed by atoms with Crippen molar-refractivity contribution in [2.45, 2.75) is 59.3 Å². The highest BCUT2D eigenvalue weighted by Gasteiger charge is 2.13. The molecule has 0 bridgehead atoms. The van der Waals surface area contributed by atoms with E-state index in [2.05, 4.69) is 18.8 Å². The number of unbranched alkanes of at least 4 members (excludes halogenated alkanes) is 1. The Labute approximate surface area is 108 Å². The lowest BCUT2D eigenvalue weighted by Crippen LogP contribution is -2.10. The Hall–Kier alpha value is -0.700. The summed E-state index contributed by atoms with van der Waals surface area (Å²) < 4.78 is 0. The predicted molar refractivity (Wildman–Crippen MR) is 73.5 cm³/mol. The summed E-state index contributed by atoms with van der Waals surface area (Å²) in [5, 5.41) is 2.98. The van der Waals surface area contributed by atoms with Gasteiger partial charge in [-0.1, -0.05) is 39.5 Å². The second-order valence-corrected chi connectivity index (χ2v) is 5.66. The van der Waals surface area contributed by atoms with Crippen LogP contribution in [0.15, 0.2) is 5.38 Å². The zero-order valence-electron chi connectivity index (χ0n) is 11.2. The molecule has 2 nitrogen and oxygen atoms in total. The maximum Gasteiger partial charge on any atom is 0.139 e. The van der Waals surface area contributed by atoms with E-state index in [9.17, 15) is 4.79 Å². The quantitative estimate of drug-likeness (QED) is 0.696. The monoisotopic (exact) mass is 253 g/mol. The molecule has 0 saturated carbocycles. The molecule has 1 aromatic heterocycles. The van der Waals surface area contributed by atoms with Gasteiger partial charge in [0.05, 0.1) is 6.42 Å². The number of nitrogens with zero attached hydrogens (tertiary/aromatic N) is 1. The highest BCUT2D eigenvalue weighted by molar-refractivity contribution is 7.09. The van der Waals surface area contributed by atoms with Crippen molar-refractivity contribution in [2.75, 3.05) is 0 Å². The molecule has 0 fully saturated rings. The van der Waals surface area contributed by atoms with Crippen LogP contribution in [0.2, 0.25) is 0 Å². The van der Waals surface area contributed by atoms with E-state index in [1.165, 1.54) is 19.3 Å². The highest BCUT2D eigenvalue weighted by Crippen LogP contribution is 2.19. The first kappa shape index (κ1) is 14.4. The van der Waals surface area contributed by atoms with Crippen molar-refractivity contribution in [1.29, 1.82) is 0 Å². The van der Waals surface area contributed by atoms with Crippen LogP contribution >= 0.6 is 11.3 Å². The third kappa shape index (κ3) is 5.44. The first-order chi connectivity index (χ1) is 8.15. The first-order valence-electron chi connectivity index (χ1n) is 6.58. The van der Waals surface area contributed by atoms with Crippen LogP contribution in [-0.4, -0.2) is 10.8 Å². The fourth-order valence-electron chi connectivity index (χ4n) is 1.99. The number of hydrogen-bond donors (Lipinski definition) is 0. The fourth-order valence-corrected chi connectivity index (χ4v) is 2.79. The summed E-state index contributed by atoms with van der Waals surface area (Å²) >= 11 is 1.60. The van der Waals surface area contributed by atoms with Gasteiger partial charge in [0.15, 0.2) is 0 Å². The molecule has 0 N–H and O–H groups in total. The van der Waals surface area contributed by atoms with Crippen molar-refractivity contribution >= 4 is 17.1 Å². The minimum Gasteiger partial charge on any atom is -0.299 e. The van der Waals surface area contributed by atoms with Crippen LogP contribution in [0.1, 0.15) is 56.7 Å². The third-order valence-electron chi connectivity index (χ3n) is 3.07. The van der Waals surface area contributed by atoms with E-state index in [-0.39, 0.29) is 0 Å². The minimum atomic E-state index is 0.349. The topological polar surface area (TPSA) is 30.0 Å². The second-order valence-electron chi connectivity index (χ2n) is 4.72. The SMILES string of the molecule is CCCCC(CC)CC(=O)Cc1nc(C)cs1. The predicted octanol–water partition coefficient (Wildman–Crippen LogP) is 4.17. The Bertz CT molecular complexity index is 346. The third-order valence-corrected chi connectivity index (χ3v) is 4.04. The summed E-state index contributed by atoms with van der Waals surface area (Å²) in [7, 11) is 0. The van der Waals surface area contributed by atoms with E-state index in [0.717, 1.165) is 23.5 Å². The van der Waals surface area contributed by atoms with Crippen molar-refractivity contribution in [3.8, 4) is 0 Å². The zero-order valence-corrected chi connectivity index (χ0v) is 12.0. The zero-order chi connectivity index (χ0) is 12.7. The largest absolute Gasteiger partial charge is 0.299 e. The number of Topliss-reactive ketones (excluding diaryl/α,β-unsaturated/α-hetero) is 1. The van der Waals surface area contributed by atoms with E-state index in [0.29, 0.717) is 18.1 Å². The lowest BCUT2D eigenvalue weighted by atomic mass is 9.93. The Morgan fingerprint density at radius 1 is 1.47 bits per heavy atom. The van der Waals surface area contributed by atoms with Crippen LogP contribution in [0.4, 0.5) is 0 Å². The van der Waals surface area contributed by atoms with Gasteiger partial charge in [-0.25, -0.2) is 4.98 Å². The van der Waals surface area contributed by atoms with Crippen molar-refractivity contribution in [2.24, 2.45) is 5.92 Å². The summed E-state index contributed by atoms with van der Waals surface area (Å²) in [6.07, 6.45) is 6.02. The molecule has 0 amide bonds. The van der Waals surface area contributed by atoms with Gasteiger partial charge in [-0.15, -0.1) is 11.3 Å². The smallest absolute Gasteiger partial charge is 0.139 e. The molecule has 0 aliphatic rings. The van der Waals surface area contributed by atoms with Crippen molar-refractivity contribution in [3.05, 3.63) is 16.1 Å². The number of aryl methyl sites for hydroxylation is 1. The normalized spacial score (nSPS) is 12.6. The molecule has 1 aromatic rings. The van der Waals surface area contributed by atoms with Gasteiger partial charge in [0.2, 0.25) is 0 Å². The highest BCUT2D eigenvalue weighted by atomic mass is 32.1. The number of carbonyl (C=O) groups is 1. The standard InChI is InChI=1S/C14H23NOS/c1-4-6-7-12(5-2)8-13(16)9-14-15-11(3)10-17-14/h10,12H,4-9H2,1-3H3. The summed E-state index contributed by atoms with van der Waals surface area (Å²) in [6, 6.07) is 0. The maximum absolute atomic E-state index is 11.9. The summed E-state index contributed by atoms with van der Waals surface area (Å²) in [4.78, 5) is 16.3. The lowest BCUT2D eigenvalue weighted by molar-refractivity contribution is -0.119. The number of ketones is 1. The average molecular weight is 253 g/mol. The molecule has 0 spiro atoms. The van der Waals surface area contributed by atoms with Gasteiger partial charge >= 0.3 is 0 Å². The van der Waals surface area contributed by atoms with Crippen molar-refractivity contribution in [3.63, 3.8) is 0 Å². The molecule has 0 aliphatic carbocycles. The van der Waals surface area contributed by atoms with Gasteiger partial charge in [-0.3, -0.25) is 4.79 Å². The van der Waals surface area contributed by atoms with Crippen LogP contribution in [0.5, 0.6) is 0 Å². The van der Waals surface area contributed by atoms with Crippen LogP contribution in [0.3, 0.4) is 0 Å². The Kier molecular flexibility index (Phi) is 6.41. The molecule has 17 heavy (non-hydrogen) atoms.